The Hall–Kier alpha value is -5.48. The predicted octanol–water partition coefficient (Wildman–Crippen LogP) is 13.5. The molecule has 7 aromatic carbocycles. The zero-order valence-electron chi connectivity index (χ0n) is 25.5. The van der Waals surface area contributed by atoms with Gasteiger partial charge in [-0.1, -0.05) is 103 Å². The summed E-state index contributed by atoms with van der Waals surface area (Å²) in [5, 5.41) is 5.19. The Morgan fingerprint density at radius 3 is 1.79 bits per heavy atom. The van der Waals surface area contributed by atoms with Gasteiger partial charge in [0, 0.05) is 51.7 Å². The standard InChI is InChI=1S/C44H29NS2/c1-4-13-31(14-5-1)36(27-30-23-25-41-37(28-30)35-19-10-11-21-40(35)46-41)32-24-26-42-38(29-32)44-39(20-12-22-43(44)47-42)45(33-15-6-2-7-16-33)34-17-8-3-9-18-34/h1-29H. The van der Waals surface area contributed by atoms with Crippen LogP contribution < -0.4 is 4.90 Å². The van der Waals surface area contributed by atoms with Crippen LogP contribution in [0.15, 0.2) is 170 Å². The third-order valence-electron chi connectivity index (χ3n) is 8.85. The molecule has 2 heterocycles. The molecule has 0 spiro atoms. The largest absolute Gasteiger partial charge is 0.310 e. The third-order valence-corrected chi connectivity index (χ3v) is 11.1. The van der Waals surface area contributed by atoms with Crippen molar-refractivity contribution < 1.29 is 0 Å². The van der Waals surface area contributed by atoms with Gasteiger partial charge in [0.05, 0.1) is 5.69 Å². The molecule has 0 saturated carbocycles. The second kappa shape index (κ2) is 11.7. The van der Waals surface area contributed by atoms with E-state index in [-0.39, 0.29) is 0 Å². The second-order valence-corrected chi connectivity index (χ2v) is 13.9. The van der Waals surface area contributed by atoms with Crippen molar-refractivity contribution in [2.75, 3.05) is 4.90 Å². The van der Waals surface area contributed by atoms with E-state index in [1.807, 2.05) is 22.7 Å². The first-order valence-corrected chi connectivity index (χ1v) is 17.5. The lowest BCUT2D eigenvalue weighted by atomic mass is 9.94. The summed E-state index contributed by atoms with van der Waals surface area (Å²) in [7, 11) is 0. The normalized spacial score (nSPS) is 12.0. The highest BCUT2D eigenvalue weighted by Crippen LogP contribution is 2.45. The zero-order chi connectivity index (χ0) is 31.2. The molecule has 0 bridgehead atoms. The smallest absolute Gasteiger partial charge is 0.0554 e. The molecule has 0 aliphatic rings. The lowest BCUT2D eigenvalue weighted by Gasteiger charge is -2.26. The van der Waals surface area contributed by atoms with E-state index in [9.17, 15) is 0 Å². The Bertz CT molecular complexity index is 2520. The van der Waals surface area contributed by atoms with Crippen LogP contribution in [0.3, 0.4) is 0 Å². The lowest BCUT2D eigenvalue weighted by molar-refractivity contribution is 1.30. The fraction of sp³-hybridized carbons (Fsp3) is 0. The summed E-state index contributed by atoms with van der Waals surface area (Å²) >= 11 is 3.72. The summed E-state index contributed by atoms with van der Waals surface area (Å²) in [6, 6.07) is 61.5. The number of nitrogens with zero attached hydrogens (tertiary/aromatic N) is 1. The molecule has 0 fully saturated rings. The van der Waals surface area contributed by atoms with Gasteiger partial charge in [-0.25, -0.2) is 0 Å². The number of fused-ring (bicyclic) bond motifs is 6. The fourth-order valence-electron chi connectivity index (χ4n) is 6.69. The molecule has 0 aliphatic carbocycles. The molecule has 0 radical (unpaired) electrons. The predicted molar refractivity (Wildman–Crippen MR) is 207 cm³/mol. The molecule has 0 saturated heterocycles. The first kappa shape index (κ1) is 27.8. The van der Waals surface area contributed by atoms with Crippen molar-refractivity contribution in [3.8, 4) is 0 Å². The maximum Gasteiger partial charge on any atom is 0.0554 e. The average molecular weight is 636 g/mol. The molecule has 0 aliphatic heterocycles. The minimum absolute atomic E-state index is 1.14. The molecular formula is C44H29NS2. The van der Waals surface area contributed by atoms with E-state index in [2.05, 4.69) is 181 Å². The Morgan fingerprint density at radius 2 is 1.02 bits per heavy atom. The van der Waals surface area contributed by atoms with Gasteiger partial charge in [-0.3, -0.25) is 0 Å². The van der Waals surface area contributed by atoms with E-state index >= 15 is 0 Å². The van der Waals surface area contributed by atoms with Crippen LogP contribution in [0.25, 0.3) is 52.0 Å². The van der Waals surface area contributed by atoms with Crippen LogP contribution in [0.2, 0.25) is 0 Å². The highest BCUT2D eigenvalue weighted by molar-refractivity contribution is 7.26. The number of hydrogen-bond donors (Lipinski definition) is 0. The highest BCUT2D eigenvalue weighted by Gasteiger charge is 2.19. The molecule has 47 heavy (non-hydrogen) atoms. The first-order chi connectivity index (χ1) is 23.3. The van der Waals surface area contributed by atoms with Crippen LogP contribution in [0.1, 0.15) is 16.7 Å². The minimum atomic E-state index is 1.14. The van der Waals surface area contributed by atoms with Crippen LogP contribution in [0.5, 0.6) is 0 Å². The lowest BCUT2D eigenvalue weighted by Crippen LogP contribution is -2.09. The van der Waals surface area contributed by atoms with E-state index in [4.69, 9.17) is 0 Å². The molecule has 3 heteroatoms. The summed E-state index contributed by atoms with van der Waals surface area (Å²) in [5.41, 5.74) is 8.30. The van der Waals surface area contributed by atoms with E-state index in [0.717, 1.165) is 11.4 Å². The average Bonchev–Trinajstić information content (AvgIpc) is 3.70. The Labute approximate surface area is 281 Å². The van der Waals surface area contributed by atoms with E-state index < -0.39 is 0 Å². The van der Waals surface area contributed by atoms with Crippen molar-refractivity contribution in [3.05, 3.63) is 187 Å². The minimum Gasteiger partial charge on any atom is -0.310 e. The summed E-state index contributed by atoms with van der Waals surface area (Å²) in [6.07, 6.45) is 2.36. The fourth-order valence-corrected chi connectivity index (χ4v) is 8.89. The van der Waals surface area contributed by atoms with Gasteiger partial charge in [-0.2, -0.15) is 0 Å². The van der Waals surface area contributed by atoms with Gasteiger partial charge >= 0.3 is 0 Å². The molecule has 0 atom stereocenters. The number of rotatable bonds is 6. The van der Waals surface area contributed by atoms with Gasteiger partial charge in [0.25, 0.3) is 0 Å². The van der Waals surface area contributed by atoms with Crippen molar-refractivity contribution in [1.82, 2.24) is 0 Å². The monoisotopic (exact) mass is 635 g/mol. The van der Waals surface area contributed by atoms with Crippen LogP contribution >= 0.6 is 22.7 Å². The summed E-state index contributed by atoms with van der Waals surface area (Å²) < 4.78 is 5.23. The van der Waals surface area contributed by atoms with Gasteiger partial charge in [0.15, 0.2) is 0 Å². The zero-order valence-corrected chi connectivity index (χ0v) is 27.1. The van der Waals surface area contributed by atoms with Crippen LogP contribution in [-0.2, 0) is 0 Å². The van der Waals surface area contributed by atoms with E-state index in [1.165, 1.54) is 68.3 Å². The third kappa shape index (κ3) is 5.01. The van der Waals surface area contributed by atoms with E-state index in [1.54, 1.807) is 0 Å². The van der Waals surface area contributed by atoms with Gasteiger partial charge in [-0.05, 0) is 95.1 Å². The number of para-hydroxylation sites is 2. The van der Waals surface area contributed by atoms with Crippen molar-refractivity contribution in [3.63, 3.8) is 0 Å². The topological polar surface area (TPSA) is 3.24 Å². The Morgan fingerprint density at radius 1 is 0.426 bits per heavy atom. The highest BCUT2D eigenvalue weighted by atomic mass is 32.1. The Kier molecular flexibility index (Phi) is 6.93. The van der Waals surface area contributed by atoms with Crippen LogP contribution in [0, 0.1) is 0 Å². The molecular weight excluding hydrogens is 607 g/mol. The molecule has 1 nitrogen and oxygen atoms in total. The van der Waals surface area contributed by atoms with E-state index in [0.29, 0.717) is 0 Å². The molecule has 0 amide bonds. The van der Waals surface area contributed by atoms with Crippen molar-refractivity contribution in [2.45, 2.75) is 0 Å². The van der Waals surface area contributed by atoms with Gasteiger partial charge in [0.1, 0.15) is 0 Å². The maximum absolute atomic E-state index is 2.41. The van der Waals surface area contributed by atoms with Crippen molar-refractivity contribution >= 4 is 91.7 Å². The number of hydrogen-bond acceptors (Lipinski definition) is 3. The maximum atomic E-state index is 2.41. The van der Waals surface area contributed by atoms with Crippen molar-refractivity contribution in [1.29, 1.82) is 0 Å². The quantitative estimate of drug-likeness (QED) is 0.164. The number of benzene rings is 7. The molecule has 9 aromatic rings. The molecule has 9 rings (SSSR count). The van der Waals surface area contributed by atoms with Gasteiger partial charge < -0.3 is 4.90 Å². The molecule has 222 valence electrons. The van der Waals surface area contributed by atoms with Crippen LogP contribution in [0.4, 0.5) is 17.1 Å². The summed E-state index contributed by atoms with van der Waals surface area (Å²) in [6.45, 7) is 0. The number of thiophene rings is 2. The van der Waals surface area contributed by atoms with Crippen LogP contribution in [-0.4, -0.2) is 0 Å². The molecule has 2 aromatic heterocycles. The Balaban J connectivity index is 1.26. The molecule has 0 N–H and O–H groups in total. The van der Waals surface area contributed by atoms with Gasteiger partial charge in [-0.15, -0.1) is 22.7 Å². The second-order valence-electron chi connectivity index (χ2n) is 11.7. The molecule has 0 unspecified atom stereocenters. The number of anilines is 3. The SMILES string of the molecule is C(=C(c1ccccc1)c1ccc2sc3cccc(N(c4ccccc4)c4ccccc4)c3c2c1)c1ccc2sc3ccccc3c2c1. The first-order valence-electron chi connectivity index (χ1n) is 15.8. The summed E-state index contributed by atoms with van der Waals surface area (Å²) in [5.74, 6) is 0. The van der Waals surface area contributed by atoms with Crippen molar-refractivity contribution in [2.24, 2.45) is 0 Å². The van der Waals surface area contributed by atoms with Gasteiger partial charge in [0.2, 0.25) is 0 Å². The summed E-state index contributed by atoms with van der Waals surface area (Å²) in [4.78, 5) is 2.38.